The third kappa shape index (κ3) is 3.91. The fraction of sp³-hybridized carbons (Fsp3) is 0.650. The first kappa shape index (κ1) is 18.8. The van der Waals surface area contributed by atoms with Gasteiger partial charge in [0.25, 0.3) is 0 Å². The zero-order chi connectivity index (χ0) is 18.1. The van der Waals surface area contributed by atoms with Crippen molar-refractivity contribution < 1.29 is 19.0 Å². The molecule has 4 nitrogen and oxygen atoms in total. The van der Waals surface area contributed by atoms with Gasteiger partial charge >= 0.3 is 5.97 Å². The van der Waals surface area contributed by atoms with Gasteiger partial charge in [-0.25, -0.2) is 4.79 Å². The van der Waals surface area contributed by atoms with Crippen molar-refractivity contribution in [2.24, 2.45) is 11.3 Å². The van der Waals surface area contributed by atoms with Crippen LogP contribution in [0, 0.1) is 23.2 Å². The van der Waals surface area contributed by atoms with Crippen molar-refractivity contribution in [1.82, 2.24) is 0 Å². The topological polar surface area (TPSA) is 44.8 Å². The highest BCUT2D eigenvalue weighted by atomic mass is 16.8. The number of methoxy groups -OCH3 is 1. The molecule has 132 valence electrons. The van der Waals surface area contributed by atoms with Gasteiger partial charge in [0.1, 0.15) is 0 Å². The maximum Gasteiger partial charge on any atom is 0.331 e. The molecule has 0 N–H and O–H groups in total. The zero-order valence-electron chi connectivity index (χ0n) is 15.7. The summed E-state index contributed by atoms with van der Waals surface area (Å²) >= 11 is 0. The molecule has 1 aliphatic carbocycles. The molecule has 1 saturated heterocycles. The van der Waals surface area contributed by atoms with E-state index in [1.54, 1.807) is 0 Å². The number of hydrogen-bond acceptors (Lipinski definition) is 4. The Kier molecular flexibility index (Phi) is 5.27. The molecular weight excluding hydrogens is 304 g/mol. The summed E-state index contributed by atoms with van der Waals surface area (Å²) in [5.74, 6) is 5.47. The first-order valence-corrected chi connectivity index (χ1v) is 8.41. The van der Waals surface area contributed by atoms with E-state index in [0.717, 1.165) is 12.0 Å². The van der Waals surface area contributed by atoms with E-state index in [9.17, 15) is 4.79 Å². The highest BCUT2D eigenvalue weighted by molar-refractivity contribution is 5.83. The fourth-order valence-electron chi connectivity index (χ4n) is 3.60. The monoisotopic (exact) mass is 332 g/mol. The van der Waals surface area contributed by atoms with Crippen molar-refractivity contribution in [2.75, 3.05) is 7.11 Å². The normalized spacial score (nSPS) is 35.2. The Morgan fingerprint density at radius 3 is 2.42 bits per heavy atom. The fourth-order valence-corrected chi connectivity index (χ4v) is 3.60. The van der Waals surface area contributed by atoms with Crippen LogP contribution in [0.25, 0.3) is 0 Å². The van der Waals surface area contributed by atoms with E-state index in [2.05, 4.69) is 43.4 Å². The SMILES string of the molecule is COC(=O)/C=C(\C)C#CC1C(C)=CC2(CC1(C)C)OC(C)C(C)O2. The van der Waals surface area contributed by atoms with Gasteiger partial charge < -0.3 is 14.2 Å². The molecule has 1 spiro atoms. The molecular formula is C20H28O4. The lowest BCUT2D eigenvalue weighted by Gasteiger charge is -2.43. The first-order chi connectivity index (χ1) is 11.1. The van der Waals surface area contributed by atoms with Gasteiger partial charge in [0, 0.05) is 24.0 Å². The van der Waals surface area contributed by atoms with E-state index in [-0.39, 0.29) is 29.5 Å². The maximum absolute atomic E-state index is 11.3. The smallest absolute Gasteiger partial charge is 0.331 e. The molecule has 0 aromatic heterocycles. The van der Waals surface area contributed by atoms with E-state index in [4.69, 9.17) is 9.47 Å². The molecule has 0 radical (unpaired) electrons. The van der Waals surface area contributed by atoms with Crippen molar-refractivity contribution >= 4 is 5.97 Å². The third-order valence-electron chi connectivity index (χ3n) is 4.77. The number of ether oxygens (including phenoxy) is 3. The van der Waals surface area contributed by atoms with Gasteiger partial charge in [-0.15, -0.1) is 0 Å². The minimum Gasteiger partial charge on any atom is -0.466 e. The second kappa shape index (κ2) is 6.74. The maximum atomic E-state index is 11.3. The van der Waals surface area contributed by atoms with Crippen LogP contribution in [0.15, 0.2) is 23.3 Å². The second-order valence-electron chi connectivity index (χ2n) is 7.56. The summed E-state index contributed by atoms with van der Waals surface area (Å²) in [6.07, 6.45) is 4.41. The van der Waals surface area contributed by atoms with Crippen LogP contribution in [-0.2, 0) is 19.0 Å². The lowest BCUT2D eigenvalue weighted by Crippen LogP contribution is -2.42. The van der Waals surface area contributed by atoms with Gasteiger partial charge in [0.05, 0.1) is 19.3 Å². The lowest BCUT2D eigenvalue weighted by atomic mass is 9.67. The molecule has 0 amide bonds. The summed E-state index contributed by atoms with van der Waals surface area (Å²) < 4.78 is 16.9. The number of allylic oxidation sites excluding steroid dienone is 2. The molecule has 0 aromatic carbocycles. The molecule has 0 saturated carbocycles. The van der Waals surface area contributed by atoms with E-state index in [1.807, 2.05) is 20.8 Å². The Bertz CT molecular complexity index is 620. The highest BCUT2D eigenvalue weighted by Crippen LogP contribution is 2.49. The average Bonchev–Trinajstić information content (AvgIpc) is 2.70. The van der Waals surface area contributed by atoms with Gasteiger partial charge in [-0.1, -0.05) is 31.3 Å². The van der Waals surface area contributed by atoms with Crippen molar-refractivity contribution in [2.45, 2.75) is 66.0 Å². The van der Waals surface area contributed by atoms with Crippen LogP contribution < -0.4 is 0 Å². The van der Waals surface area contributed by atoms with Crippen LogP contribution in [-0.4, -0.2) is 31.1 Å². The lowest BCUT2D eigenvalue weighted by molar-refractivity contribution is -0.164. The minimum atomic E-state index is -0.637. The van der Waals surface area contributed by atoms with E-state index < -0.39 is 5.79 Å². The summed E-state index contributed by atoms with van der Waals surface area (Å²) in [6.45, 7) is 12.3. The molecule has 0 bridgehead atoms. The highest BCUT2D eigenvalue weighted by Gasteiger charge is 2.50. The quantitative estimate of drug-likeness (QED) is 0.318. The molecule has 2 rings (SSSR count). The molecule has 4 heteroatoms. The van der Waals surface area contributed by atoms with Gasteiger partial charge in [0.15, 0.2) is 5.79 Å². The van der Waals surface area contributed by atoms with Crippen LogP contribution in [0.2, 0.25) is 0 Å². The molecule has 0 aromatic rings. The van der Waals surface area contributed by atoms with E-state index >= 15 is 0 Å². The predicted molar refractivity (Wildman–Crippen MR) is 93.0 cm³/mol. The Labute approximate surface area is 145 Å². The number of esters is 1. The summed E-state index contributed by atoms with van der Waals surface area (Å²) in [5.41, 5.74) is 1.74. The van der Waals surface area contributed by atoms with E-state index in [0.29, 0.717) is 5.57 Å². The molecule has 1 aliphatic heterocycles. The number of hydrogen-bond donors (Lipinski definition) is 0. The number of carbonyl (C=O) groups excluding carboxylic acids is 1. The van der Waals surface area contributed by atoms with Crippen LogP contribution in [0.5, 0.6) is 0 Å². The average molecular weight is 332 g/mol. The van der Waals surface area contributed by atoms with E-state index in [1.165, 1.54) is 13.2 Å². The third-order valence-corrected chi connectivity index (χ3v) is 4.77. The van der Waals surface area contributed by atoms with Gasteiger partial charge in [0.2, 0.25) is 0 Å². The number of rotatable bonds is 1. The summed E-state index contributed by atoms with van der Waals surface area (Å²) in [5, 5.41) is 0. The Hall–Kier alpha value is -1.57. The van der Waals surface area contributed by atoms with Gasteiger partial charge in [-0.2, -0.15) is 0 Å². The standard InChI is InChI=1S/C20H28O4/c1-13(10-18(21)22-7)8-9-17-14(2)11-20(12-19(17,5)6)23-15(3)16(4)24-20/h10-11,15-17H,12H2,1-7H3/b13-10+. The van der Waals surface area contributed by atoms with Crippen molar-refractivity contribution in [1.29, 1.82) is 0 Å². The van der Waals surface area contributed by atoms with Crippen LogP contribution >= 0.6 is 0 Å². The molecule has 1 heterocycles. The van der Waals surface area contributed by atoms with Gasteiger partial charge in [-0.05, 0) is 39.2 Å². The zero-order valence-corrected chi connectivity index (χ0v) is 15.7. The molecule has 1 fully saturated rings. The first-order valence-electron chi connectivity index (χ1n) is 8.41. The van der Waals surface area contributed by atoms with Crippen LogP contribution in [0.1, 0.15) is 48.0 Å². The Morgan fingerprint density at radius 1 is 1.33 bits per heavy atom. The Morgan fingerprint density at radius 2 is 1.92 bits per heavy atom. The summed E-state index contributed by atoms with van der Waals surface area (Å²) in [7, 11) is 1.36. The minimum absolute atomic E-state index is 0.0812. The van der Waals surface area contributed by atoms with Crippen molar-refractivity contribution in [3.63, 3.8) is 0 Å². The molecule has 2 aliphatic rings. The predicted octanol–water partition coefficient (Wildman–Crippen LogP) is 3.62. The van der Waals surface area contributed by atoms with Crippen LogP contribution in [0.4, 0.5) is 0 Å². The Balaban J connectivity index is 2.27. The van der Waals surface area contributed by atoms with Crippen LogP contribution in [0.3, 0.4) is 0 Å². The molecule has 24 heavy (non-hydrogen) atoms. The van der Waals surface area contributed by atoms with Crippen molar-refractivity contribution in [3.8, 4) is 11.8 Å². The number of carbonyl (C=O) groups is 1. The summed E-state index contributed by atoms with van der Waals surface area (Å²) in [4.78, 5) is 11.3. The molecule has 3 atom stereocenters. The summed E-state index contributed by atoms with van der Waals surface area (Å²) in [6, 6.07) is 0. The largest absolute Gasteiger partial charge is 0.466 e. The molecule has 3 unspecified atom stereocenters. The van der Waals surface area contributed by atoms with Crippen molar-refractivity contribution in [3.05, 3.63) is 23.3 Å². The van der Waals surface area contributed by atoms with Gasteiger partial charge in [-0.3, -0.25) is 0 Å². The second-order valence-corrected chi connectivity index (χ2v) is 7.56.